The van der Waals surface area contributed by atoms with Crippen molar-refractivity contribution in [3.8, 4) is 17.1 Å². The zero-order chi connectivity index (χ0) is 22.3. The van der Waals surface area contributed by atoms with Gasteiger partial charge in [0.25, 0.3) is 0 Å². The Bertz CT molecular complexity index is 1090. The van der Waals surface area contributed by atoms with E-state index in [1.807, 2.05) is 42.5 Å². The van der Waals surface area contributed by atoms with E-state index in [0.717, 1.165) is 37.0 Å². The molecule has 4 rings (SSSR count). The lowest BCUT2D eigenvalue weighted by atomic mass is 10.2. The number of carbonyl (C=O) groups is 1. The molecular formula is C24H29N5O3. The fourth-order valence-electron chi connectivity index (χ4n) is 3.43. The quantitative estimate of drug-likeness (QED) is 0.470. The minimum atomic E-state index is -0.331. The Morgan fingerprint density at radius 3 is 2.56 bits per heavy atom. The summed E-state index contributed by atoms with van der Waals surface area (Å²) in [6.07, 6.45) is 4.08. The van der Waals surface area contributed by atoms with Gasteiger partial charge < -0.3 is 15.4 Å². The predicted molar refractivity (Wildman–Crippen MR) is 124 cm³/mol. The van der Waals surface area contributed by atoms with Crippen molar-refractivity contribution in [3.05, 3.63) is 65.1 Å². The summed E-state index contributed by atoms with van der Waals surface area (Å²) >= 11 is 0. The summed E-state index contributed by atoms with van der Waals surface area (Å²) < 4.78 is 8.84. The largest absolute Gasteiger partial charge is 0.494 e. The van der Waals surface area contributed by atoms with Crippen molar-refractivity contribution in [2.45, 2.75) is 45.2 Å². The van der Waals surface area contributed by atoms with Crippen molar-refractivity contribution in [2.75, 3.05) is 18.5 Å². The van der Waals surface area contributed by atoms with E-state index in [0.29, 0.717) is 31.2 Å². The SMILES string of the molecule is CCCCOc1ccc(NC(=O)NCCn2nc(-c3ccccc3)n(C3CC3)c2=O)cc1. The number of ether oxygens (including phenoxy) is 1. The Balaban J connectivity index is 1.32. The van der Waals surface area contributed by atoms with Crippen molar-refractivity contribution in [3.63, 3.8) is 0 Å². The Hall–Kier alpha value is -3.55. The molecule has 1 aliphatic rings. The van der Waals surface area contributed by atoms with Gasteiger partial charge >= 0.3 is 11.7 Å². The minimum Gasteiger partial charge on any atom is -0.494 e. The number of hydrogen-bond acceptors (Lipinski definition) is 4. The molecule has 1 aliphatic carbocycles. The highest BCUT2D eigenvalue weighted by Crippen LogP contribution is 2.36. The second-order valence-electron chi connectivity index (χ2n) is 7.90. The normalized spacial score (nSPS) is 13.0. The molecule has 1 aromatic heterocycles. The molecule has 2 aromatic carbocycles. The third-order valence-corrected chi connectivity index (χ3v) is 5.30. The molecule has 0 radical (unpaired) electrons. The Labute approximate surface area is 187 Å². The first-order chi connectivity index (χ1) is 15.7. The van der Waals surface area contributed by atoms with E-state index >= 15 is 0 Å². The maximum absolute atomic E-state index is 12.9. The zero-order valence-corrected chi connectivity index (χ0v) is 18.3. The molecule has 0 bridgehead atoms. The van der Waals surface area contributed by atoms with Crippen LogP contribution >= 0.6 is 0 Å². The number of rotatable bonds is 10. The predicted octanol–water partition coefficient (Wildman–Crippen LogP) is 4.05. The van der Waals surface area contributed by atoms with Crippen LogP contribution in [0.25, 0.3) is 11.4 Å². The molecule has 1 saturated carbocycles. The van der Waals surface area contributed by atoms with Crippen molar-refractivity contribution in [1.29, 1.82) is 0 Å². The summed E-state index contributed by atoms with van der Waals surface area (Å²) in [7, 11) is 0. The Kier molecular flexibility index (Phi) is 6.89. The standard InChI is InChI=1S/C24H29N5O3/c1-2-3-17-32-21-13-9-19(10-14-21)26-23(30)25-15-16-28-24(31)29(20-11-12-20)22(27-28)18-7-5-4-6-8-18/h4-10,13-14,20H,2-3,11-12,15-17H2,1H3,(H2,25,26,30). The highest BCUT2D eigenvalue weighted by molar-refractivity contribution is 5.89. The van der Waals surface area contributed by atoms with Crippen molar-refractivity contribution < 1.29 is 9.53 Å². The van der Waals surface area contributed by atoms with Gasteiger partial charge in [0.05, 0.1) is 13.2 Å². The number of carbonyl (C=O) groups excluding carboxylic acids is 1. The summed E-state index contributed by atoms with van der Waals surface area (Å²) in [4.78, 5) is 25.1. The van der Waals surface area contributed by atoms with Crippen LogP contribution in [-0.2, 0) is 6.54 Å². The van der Waals surface area contributed by atoms with E-state index in [-0.39, 0.29) is 17.8 Å². The molecule has 0 saturated heterocycles. The lowest BCUT2D eigenvalue weighted by molar-refractivity contribution is 0.251. The summed E-state index contributed by atoms with van der Waals surface area (Å²) in [6.45, 7) is 3.40. The van der Waals surface area contributed by atoms with E-state index in [1.54, 1.807) is 16.7 Å². The molecular weight excluding hydrogens is 406 g/mol. The number of urea groups is 1. The molecule has 0 atom stereocenters. The number of anilines is 1. The van der Waals surface area contributed by atoms with Gasteiger partial charge in [-0.1, -0.05) is 43.7 Å². The number of unbranched alkanes of at least 4 members (excludes halogenated alkanes) is 1. The Morgan fingerprint density at radius 1 is 1.12 bits per heavy atom. The van der Waals surface area contributed by atoms with Crippen LogP contribution in [0.4, 0.5) is 10.5 Å². The van der Waals surface area contributed by atoms with Crippen LogP contribution in [0.3, 0.4) is 0 Å². The van der Waals surface area contributed by atoms with Gasteiger partial charge in [-0.3, -0.25) is 4.57 Å². The lowest BCUT2D eigenvalue weighted by Gasteiger charge is -2.09. The molecule has 1 heterocycles. The van der Waals surface area contributed by atoms with Gasteiger partial charge in [-0.25, -0.2) is 14.3 Å². The van der Waals surface area contributed by atoms with E-state index < -0.39 is 0 Å². The summed E-state index contributed by atoms with van der Waals surface area (Å²) in [5, 5.41) is 10.1. The zero-order valence-electron chi connectivity index (χ0n) is 18.3. The summed E-state index contributed by atoms with van der Waals surface area (Å²) in [5.74, 6) is 1.47. The molecule has 3 aromatic rings. The van der Waals surface area contributed by atoms with Crippen LogP contribution in [-0.4, -0.2) is 33.5 Å². The fourth-order valence-corrected chi connectivity index (χ4v) is 3.43. The molecule has 2 amide bonds. The number of aromatic nitrogens is 3. The average Bonchev–Trinajstić information content (AvgIpc) is 3.59. The number of benzene rings is 2. The number of hydrogen-bond donors (Lipinski definition) is 2. The molecule has 0 spiro atoms. The van der Waals surface area contributed by atoms with E-state index in [2.05, 4.69) is 22.7 Å². The number of nitrogens with one attached hydrogen (secondary N) is 2. The second-order valence-corrected chi connectivity index (χ2v) is 7.90. The van der Waals surface area contributed by atoms with Gasteiger partial charge in [0.1, 0.15) is 5.75 Å². The van der Waals surface area contributed by atoms with Gasteiger partial charge in [0, 0.05) is 23.8 Å². The van der Waals surface area contributed by atoms with Crippen LogP contribution in [0.1, 0.15) is 38.6 Å². The number of amides is 2. The summed E-state index contributed by atoms with van der Waals surface area (Å²) in [5.41, 5.74) is 1.46. The molecule has 2 N–H and O–H groups in total. The van der Waals surface area contributed by atoms with Crippen LogP contribution in [0.5, 0.6) is 5.75 Å². The topological polar surface area (TPSA) is 90.2 Å². The first kappa shape index (κ1) is 21.7. The fraction of sp³-hybridized carbons (Fsp3) is 0.375. The third kappa shape index (κ3) is 5.38. The highest BCUT2D eigenvalue weighted by atomic mass is 16.5. The second kappa shape index (κ2) is 10.2. The maximum atomic E-state index is 12.9. The highest BCUT2D eigenvalue weighted by Gasteiger charge is 2.30. The van der Waals surface area contributed by atoms with Crippen LogP contribution in [0.15, 0.2) is 59.4 Å². The average molecular weight is 436 g/mol. The molecule has 0 unspecified atom stereocenters. The van der Waals surface area contributed by atoms with E-state index in [4.69, 9.17) is 4.74 Å². The van der Waals surface area contributed by atoms with Crippen LogP contribution in [0, 0.1) is 0 Å². The van der Waals surface area contributed by atoms with Crippen LogP contribution in [0.2, 0.25) is 0 Å². The van der Waals surface area contributed by atoms with E-state index in [1.165, 1.54) is 4.68 Å². The van der Waals surface area contributed by atoms with Gasteiger partial charge in [-0.15, -0.1) is 5.10 Å². The first-order valence-electron chi connectivity index (χ1n) is 11.2. The smallest absolute Gasteiger partial charge is 0.346 e. The third-order valence-electron chi connectivity index (χ3n) is 5.30. The molecule has 8 heteroatoms. The Morgan fingerprint density at radius 2 is 1.88 bits per heavy atom. The minimum absolute atomic E-state index is 0.132. The van der Waals surface area contributed by atoms with Crippen molar-refractivity contribution >= 4 is 11.7 Å². The molecule has 0 aliphatic heterocycles. The molecule has 8 nitrogen and oxygen atoms in total. The molecule has 1 fully saturated rings. The van der Waals surface area contributed by atoms with E-state index in [9.17, 15) is 9.59 Å². The van der Waals surface area contributed by atoms with Gasteiger partial charge in [-0.2, -0.15) is 0 Å². The van der Waals surface area contributed by atoms with Gasteiger partial charge in [-0.05, 0) is 43.5 Å². The lowest BCUT2D eigenvalue weighted by Crippen LogP contribution is -2.34. The van der Waals surface area contributed by atoms with Crippen LogP contribution < -0.4 is 21.1 Å². The molecule has 32 heavy (non-hydrogen) atoms. The van der Waals surface area contributed by atoms with Gasteiger partial charge in [0.15, 0.2) is 5.82 Å². The van der Waals surface area contributed by atoms with Gasteiger partial charge in [0.2, 0.25) is 0 Å². The monoisotopic (exact) mass is 435 g/mol. The maximum Gasteiger partial charge on any atom is 0.346 e. The van der Waals surface area contributed by atoms with Crippen molar-refractivity contribution in [1.82, 2.24) is 19.7 Å². The van der Waals surface area contributed by atoms with Crippen molar-refractivity contribution in [2.24, 2.45) is 0 Å². The summed E-state index contributed by atoms with van der Waals surface area (Å²) in [6, 6.07) is 16.9. The number of nitrogens with zero attached hydrogens (tertiary/aromatic N) is 3. The first-order valence-corrected chi connectivity index (χ1v) is 11.2. The molecule has 168 valence electrons.